The average molecular weight is 319 g/mol. The average Bonchev–Trinajstić information content (AvgIpc) is 2.63. The summed E-state index contributed by atoms with van der Waals surface area (Å²) in [6, 6.07) is 14.2. The van der Waals surface area contributed by atoms with E-state index in [1.807, 2.05) is 24.5 Å². The summed E-state index contributed by atoms with van der Waals surface area (Å²) < 4.78 is 0. The number of nitrogens with one attached hydrogen (secondary N) is 2. The molecule has 1 unspecified atom stereocenters. The second-order valence-corrected chi connectivity index (χ2v) is 6.36. The van der Waals surface area contributed by atoms with Crippen molar-refractivity contribution in [3.63, 3.8) is 0 Å². The maximum Gasteiger partial charge on any atom is 0.115 e. The molecule has 1 atom stereocenters. The van der Waals surface area contributed by atoms with Gasteiger partial charge >= 0.3 is 0 Å². The van der Waals surface area contributed by atoms with Gasteiger partial charge in [0.25, 0.3) is 0 Å². The second-order valence-electron chi connectivity index (χ2n) is 6.36. The fraction of sp³-hybridized carbons (Fsp3) is 0.250. The normalized spacial score (nSPS) is 17.8. The van der Waals surface area contributed by atoms with Gasteiger partial charge in [-0.2, -0.15) is 0 Å². The number of pyridine rings is 1. The van der Waals surface area contributed by atoms with Crippen LogP contribution in [0.1, 0.15) is 12.8 Å². The highest BCUT2D eigenvalue weighted by atomic mass is 16.3. The van der Waals surface area contributed by atoms with E-state index in [4.69, 9.17) is 0 Å². The van der Waals surface area contributed by atoms with Gasteiger partial charge < -0.3 is 15.7 Å². The summed E-state index contributed by atoms with van der Waals surface area (Å²) in [4.78, 5) is 4.27. The quantitative estimate of drug-likeness (QED) is 0.688. The van der Waals surface area contributed by atoms with Crippen molar-refractivity contribution in [3.8, 4) is 16.9 Å². The lowest BCUT2D eigenvalue weighted by Gasteiger charge is -2.26. The molecule has 0 amide bonds. The number of anilines is 1. The third kappa shape index (κ3) is 3.05. The molecule has 0 saturated carbocycles. The van der Waals surface area contributed by atoms with Crippen LogP contribution in [0, 0.1) is 0 Å². The van der Waals surface area contributed by atoms with Gasteiger partial charge in [-0.25, -0.2) is 0 Å². The second kappa shape index (κ2) is 6.49. The minimum atomic E-state index is 0.285. The van der Waals surface area contributed by atoms with Crippen LogP contribution in [0.5, 0.6) is 5.75 Å². The summed E-state index contributed by atoms with van der Waals surface area (Å²) >= 11 is 0. The first kappa shape index (κ1) is 15.0. The number of phenols is 1. The fourth-order valence-corrected chi connectivity index (χ4v) is 3.34. The van der Waals surface area contributed by atoms with Crippen LogP contribution in [-0.4, -0.2) is 29.2 Å². The standard InChI is InChI=1S/C20H21N3O/c24-18-5-3-14(4-6-18)15-10-16-12-22-9-7-19(16)20(11-15)23-17-2-1-8-21-13-17/h3-7,9-12,17,21,23-24H,1-2,8,13H2. The van der Waals surface area contributed by atoms with Crippen LogP contribution < -0.4 is 10.6 Å². The van der Waals surface area contributed by atoms with Crippen LogP contribution in [0.25, 0.3) is 21.9 Å². The van der Waals surface area contributed by atoms with Gasteiger partial charge in [-0.1, -0.05) is 12.1 Å². The van der Waals surface area contributed by atoms with Crippen molar-refractivity contribution in [2.45, 2.75) is 18.9 Å². The molecular formula is C20H21N3O. The van der Waals surface area contributed by atoms with E-state index in [9.17, 15) is 5.11 Å². The molecule has 1 saturated heterocycles. The molecule has 1 aliphatic heterocycles. The van der Waals surface area contributed by atoms with Gasteiger partial charge in [-0.05, 0) is 60.8 Å². The monoisotopic (exact) mass is 319 g/mol. The molecule has 4 rings (SSSR count). The van der Waals surface area contributed by atoms with Crippen molar-refractivity contribution in [2.75, 3.05) is 18.4 Å². The summed E-state index contributed by atoms with van der Waals surface area (Å²) in [6.07, 6.45) is 6.13. The predicted molar refractivity (Wildman–Crippen MR) is 98.4 cm³/mol. The number of fused-ring (bicyclic) bond motifs is 1. The Morgan fingerprint density at radius 3 is 2.75 bits per heavy atom. The largest absolute Gasteiger partial charge is 0.508 e. The number of phenolic OH excluding ortho intramolecular Hbond substituents is 1. The van der Waals surface area contributed by atoms with E-state index in [1.54, 1.807) is 12.1 Å². The molecule has 0 spiro atoms. The Morgan fingerprint density at radius 2 is 1.96 bits per heavy atom. The molecule has 24 heavy (non-hydrogen) atoms. The van der Waals surface area contributed by atoms with Crippen molar-refractivity contribution in [1.82, 2.24) is 10.3 Å². The Labute approximate surface area is 141 Å². The Kier molecular flexibility index (Phi) is 4.05. The van der Waals surface area contributed by atoms with Crippen LogP contribution in [0.3, 0.4) is 0 Å². The van der Waals surface area contributed by atoms with E-state index in [1.165, 1.54) is 18.2 Å². The van der Waals surface area contributed by atoms with Gasteiger partial charge in [0.2, 0.25) is 0 Å². The molecule has 1 fully saturated rings. The first-order chi connectivity index (χ1) is 11.8. The number of rotatable bonds is 3. The molecular weight excluding hydrogens is 298 g/mol. The van der Waals surface area contributed by atoms with Crippen molar-refractivity contribution >= 4 is 16.5 Å². The number of hydrogen-bond donors (Lipinski definition) is 3. The van der Waals surface area contributed by atoms with Crippen molar-refractivity contribution < 1.29 is 5.11 Å². The molecule has 1 aromatic heterocycles. The van der Waals surface area contributed by atoms with E-state index in [0.29, 0.717) is 6.04 Å². The zero-order valence-corrected chi connectivity index (χ0v) is 13.5. The lowest BCUT2D eigenvalue weighted by molar-refractivity contribution is 0.475. The predicted octanol–water partition coefficient (Wildman–Crippen LogP) is 3.77. The van der Waals surface area contributed by atoms with Crippen LogP contribution in [-0.2, 0) is 0 Å². The smallest absolute Gasteiger partial charge is 0.115 e. The first-order valence-electron chi connectivity index (χ1n) is 8.44. The topological polar surface area (TPSA) is 57.2 Å². The summed E-state index contributed by atoms with van der Waals surface area (Å²) in [5, 5.41) is 19.0. The highest BCUT2D eigenvalue weighted by Crippen LogP contribution is 2.32. The number of aromatic nitrogens is 1. The molecule has 1 aliphatic rings. The third-order valence-corrected chi connectivity index (χ3v) is 4.61. The molecule has 122 valence electrons. The maximum atomic E-state index is 9.52. The van der Waals surface area contributed by atoms with E-state index in [-0.39, 0.29) is 5.75 Å². The van der Waals surface area contributed by atoms with Gasteiger partial charge in [-0.15, -0.1) is 0 Å². The molecule has 4 heteroatoms. The molecule has 0 radical (unpaired) electrons. The summed E-state index contributed by atoms with van der Waals surface area (Å²) in [5.41, 5.74) is 3.36. The van der Waals surface area contributed by atoms with E-state index < -0.39 is 0 Å². The van der Waals surface area contributed by atoms with E-state index >= 15 is 0 Å². The molecule has 4 nitrogen and oxygen atoms in total. The van der Waals surface area contributed by atoms with Crippen molar-refractivity contribution in [2.24, 2.45) is 0 Å². The molecule has 3 N–H and O–H groups in total. The third-order valence-electron chi connectivity index (χ3n) is 4.61. The maximum absolute atomic E-state index is 9.52. The Balaban J connectivity index is 1.76. The summed E-state index contributed by atoms with van der Waals surface area (Å²) in [7, 11) is 0. The molecule has 0 aliphatic carbocycles. The number of piperidine rings is 1. The zero-order valence-electron chi connectivity index (χ0n) is 13.5. The van der Waals surface area contributed by atoms with Crippen LogP contribution >= 0.6 is 0 Å². The van der Waals surface area contributed by atoms with Gasteiger partial charge in [0.15, 0.2) is 0 Å². The Bertz CT molecular complexity index is 839. The van der Waals surface area contributed by atoms with Gasteiger partial charge in [0, 0.05) is 41.4 Å². The zero-order chi connectivity index (χ0) is 16.4. The molecule has 2 aromatic carbocycles. The van der Waals surface area contributed by atoms with Gasteiger partial charge in [-0.3, -0.25) is 4.98 Å². The lowest BCUT2D eigenvalue weighted by Crippen LogP contribution is -2.38. The number of hydrogen-bond acceptors (Lipinski definition) is 4. The highest BCUT2D eigenvalue weighted by molar-refractivity contribution is 5.97. The van der Waals surface area contributed by atoms with Crippen LogP contribution in [0.4, 0.5) is 5.69 Å². The van der Waals surface area contributed by atoms with Crippen molar-refractivity contribution in [1.29, 1.82) is 0 Å². The SMILES string of the molecule is Oc1ccc(-c2cc(NC3CCCNC3)c3ccncc3c2)cc1. The Morgan fingerprint density at radius 1 is 1.08 bits per heavy atom. The Hall–Kier alpha value is -2.59. The fourth-order valence-electron chi connectivity index (χ4n) is 3.34. The van der Waals surface area contributed by atoms with Gasteiger partial charge in [0.1, 0.15) is 5.75 Å². The van der Waals surface area contributed by atoms with E-state index in [2.05, 4.69) is 33.8 Å². The molecule has 0 bridgehead atoms. The number of aromatic hydroxyl groups is 1. The minimum Gasteiger partial charge on any atom is -0.508 e. The number of nitrogens with zero attached hydrogens (tertiary/aromatic N) is 1. The van der Waals surface area contributed by atoms with Gasteiger partial charge in [0.05, 0.1) is 0 Å². The van der Waals surface area contributed by atoms with Crippen molar-refractivity contribution in [3.05, 3.63) is 54.9 Å². The van der Waals surface area contributed by atoms with Crippen LogP contribution in [0.15, 0.2) is 54.9 Å². The van der Waals surface area contributed by atoms with E-state index in [0.717, 1.165) is 35.3 Å². The summed E-state index contributed by atoms with van der Waals surface area (Å²) in [5.74, 6) is 0.285. The van der Waals surface area contributed by atoms with Crippen LogP contribution in [0.2, 0.25) is 0 Å². The highest BCUT2D eigenvalue weighted by Gasteiger charge is 2.14. The number of benzene rings is 2. The molecule has 2 heterocycles. The minimum absolute atomic E-state index is 0.285. The molecule has 3 aromatic rings. The summed E-state index contributed by atoms with van der Waals surface area (Å²) in [6.45, 7) is 2.10. The first-order valence-corrected chi connectivity index (χ1v) is 8.44. The lowest BCUT2D eigenvalue weighted by atomic mass is 9.99.